The number of nitrogens with zero attached hydrogens (tertiary/aromatic N) is 7. The zero-order valence-corrected chi connectivity index (χ0v) is 20.1. The van der Waals surface area contributed by atoms with Gasteiger partial charge in [-0.25, -0.2) is 24.9 Å². The number of ether oxygens (including phenoxy) is 1. The Labute approximate surface area is 202 Å². The molecule has 0 bridgehead atoms. The lowest BCUT2D eigenvalue weighted by atomic mass is 9.86. The van der Waals surface area contributed by atoms with Crippen LogP contribution in [0.25, 0.3) is 33.8 Å². The Balaban J connectivity index is 1.47. The number of carbonyl (C=O) groups excluding carboxylic acids is 1. The molecule has 1 atom stereocenters. The molecule has 3 aromatic heterocycles. The molecule has 1 amide bonds. The molecule has 6 rings (SSSR count). The zero-order valence-electron chi connectivity index (χ0n) is 20.1. The molecule has 10 nitrogen and oxygen atoms in total. The second-order valence-corrected chi connectivity index (χ2v) is 9.14. The molecule has 35 heavy (non-hydrogen) atoms. The monoisotopic (exact) mass is 470 g/mol. The van der Waals surface area contributed by atoms with E-state index >= 15 is 0 Å². The second-order valence-electron chi connectivity index (χ2n) is 9.14. The van der Waals surface area contributed by atoms with Gasteiger partial charge in [0.2, 0.25) is 5.91 Å². The number of methoxy groups -OCH3 is 1. The van der Waals surface area contributed by atoms with Gasteiger partial charge in [-0.3, -0.25) is 9.69 Å². The van der Waals surface area contributed by atoms with Crippen molar-refractivity contribution in [1.29, 1.82) is 0 Å². The number of aryl methyl sites for hydroxylation is 2. The first-order chi connectivity index (χ1) is 16.9. The van der Waals surface area contributed by atoms with Gasteiger partial charge in [0.1, 0.15) is 34.7 Å². The van der Waals surface area contributed by atoms with E-state index in [9.17, 15) is 4.79 Å². The number of benzene rings is 1. The van der Waals surface area contributed by atoms with Crippen molar-refractivity contribution >= 4 is 22.8 Å². The van der Waals surface area contributed by atoms with Gasteiger partial charge >= 0.3 is 0 Å². The summed E-state index contributed by atoms with van der Waals surface area (Å²) in [7, 11) is 1.71. The van der Waals surface area contributed by atoms with Crippen molar-refractivity contribution in [3.8, 4) is 22.6 Å². The van der Waals surface area contributed by atoms with Crippen LogP contribution in [0.15, 0.2) is 36.9 Å². The number of rotatable bonds is 5. The molecule has 0 saturated carbocycles. The second kappa shape index (κ2) is 7.89. The van der Waals surface area contributed by atoms with Gasteiger partial charge in [-0.15, -0.1) is 0 Å². The molecular weight excluding hydrogens is 444 g/mol. The third-order valence-electron chi connectivity index (χ3n) is 7.21. The van der Waals surface area contributed by atoms with Crippen LogP contribution in [-0.2, 0) is 21.6 Å². The fraction of sp³-hybridized carbons (Fsp3) is 0.360. The summed E-state index contributed by atoms with van der Waals surface area (Å²) < 4.78 is 7.49. The van der Waals surface area contributed by atoms with Gasteiger partial charge in [0.05, 0.1) is 11.7 Å². The lowest BCUT2D eigenvalue weighted by Crippen LogP contribution is -2.62. The minimum absolute atomic E-state index is 0.0241. The summed E-state index contributed by atoms with van der Waals surface area (Å²) in [6.45, 7) is 8.00. The van der Waals surface area contributed by atoms with E-state index in [0.717, 1.165) is 39.5 Å². The van der Waals surface area contributed by atoms with Crippen LogP contribution in [0.3, 0.4) is 0 Å². The first-order valence-corrected chi connectivity index (χ1v) is 11.7. The number of likely N-dealkylation sites (tertiary alicyclic amines) is 1. The van der Waals surface area contributed by atoms with E-state index in [2.05, 4.69) is 43.1 Å². The van der Waals surface area contributed by atoms with E-state index in [0.29, 0.717) is 31.0 Å². The lowest BCUT2D eigenvalue weighted by Gasteiger charge is -2.47. The quantitative estimate of drug-likeness (QED) is 0.474. The summed E-state index contributed by atoms with van der Waals surface area (Å²) in [6.07, 6.45) is 5.27. The minimum Gasteiger partial charge on any atom is -0.379 e. The SMILES string of the molecule is CCn1c(-c2cnc(C)nc2)nc2c(-c3ccc4c(c3)[C@](C)(N3CC(OC)C3)C(=O)N4)ncnc21. The van der Waals surface area contributed by atoms with Crippen LogP contribution in [0, 0.1) is 6.92 Å². The Hall–Kier alpha value is -3.76. The zero-order chi connectivity index (χ0) is 24.3. The van der Waals surface area contributed by atoms with E-state index in [4.69, 9.17) is 9.72 Å². The standard InChI is InChI=1S/C25H26N8O2/c1-5-33-22(16-9-26-14(2)27-10-16)31-21-20(28-13-29-23(21)33)15-6-7-19-18(8-15)25(3,24(34)30-19)32-11-17(12-32)35-4/h6-10,13,17H,5,11-12H2,1-4H3,(H,30,34)/t25-/m0/s1. The number of anilines is 1. The van der Waals surface area contributed by atoms with E-state index in [1.165, 1.54) is 0 Å². The maximum atomic E-state index is 13.1. The summed E-state index contributed by atoms with van der Waals surface area (Å²) >= 11 is 0. The molecule has 1 N–H and O–H groups in total. The predicted octanol–water partition coefficient (Wildman–Crippen LogP) is 2.78. The van der Waals surface area contributed by atoms with Gasteiger partial charge in [-0.2, -0.15) is 0 Å². The Morgan fingerprint density at radius 1 is 1.14 bits per heavy atom. The molecule has 2 aliphatic rings. The van der Waals surface area contributed by atoms with Crippen molar-refractivity contribution in [2.75, 3.05) is 25.5 Å². The number of aromatic nitrogens is 6. The fourth-order valence-corrected chi connectivity index (χ4v) is 5.01. The summed E-state index contributed by atoms with van der Waals surface area (Å²) in [5.74, 6) is 1.43. The van der Waals surface area contributed by atoms with Crippen LogP contribution in [0.4, 0.5) is 5.69 Å². The molecule has 0 radical (unpaired) electrons. The van der Waals surface area contributed by atoms with E-state index in [1.807, 2.05) is 30.5 Å². The number of hydrogen-bond acceptors (Lipinski definition) is 8. The Morgan fingerprint density at radius 2 is 1.91 bits per heavy atom. The first-order valence-electron chi connectivity index (χ1n) is 11.7. The molecule has 4 aromatic rings. The molecule has 178 valence electrons. The number of carbonyl (C=O) groups is 1. The van der Waals surface area contributed by atoms with Crippen molar-refractivity contribution in [3.05, 3.63) is 48.3 Å². The van der Waals surface area contributed by atoms with Gasteiger partial charge in [-0.1, -0.05) is 6.07 Å². The Kier molecular flexibility index (Phi) is 4.90. The van der Waals surface area contributed by atoms with Crippen LogP contribution in [0.1, 0.15) is 25.2 Å². The molecular formula is C25H26N8O2. The van der Waals surface area contributed by atoms with Gasteiger partial charge in [-0.05, 0) is 32.9 Å². The molecule has 0 spiro atoms. The van der Waals surface area contributed by atoms with Gasteiger partial charge in [0.25, 0.3) is 0 Å². The van der Waals surface area contributed by atoms with E-state index < -0.39 is 5.54 Å². The molecule has 0 unspecified atom stereocenters. The van der Waals surface area contributed by atoms with Crippen LogP contribution >= 0.6 is 0 Å². The van der Waals surface area contributed by atoms with Crippen LogP contribution in [0.2, 0.25) is 0 Å². The normalized spacial score (nSPS) is 20.2. The van der Waals surface area contributed by atoms with Gasteiger partial charge in [0, 0.05) is 56.0 Å². The number of amides is 1. The van der Waals surface area contributed by atoms with Crippen molar-refractivity contribution in [3.63, 3.8) is 0 Å². The third kappa shape index (κ3) is 3.17. The maximum Gasteiger partial charge on any atom is 0.249 e. The minimum atomic E-state index is -0.764. The molecule has 5 heterocycles. The van der Waals surface area contributed by atoms with Crippen molar-refractivity contribution in [2.45, 2.75) is 39.0 Å². The first kappa shape index (κ1) is 21.8. The van der Waals surface area contributed by atoms with Crippen LogP contribution in [-0.4, -0.2) is 66.6 Å². The molecule has 2 aliphatic heterocycles. The van der Waals surface area contributed by atoms with E-state index in [-0.39, 0.29) is 12.0 Å². The Morgan fingerprint density at radius 3 is 2.63 bits per heavy atom. The van der Waals surface area contributed by atoms with Crippen molar-refractivity contribution in [1.82, 2.24) is 34.4 Å². The highest BCUT2D eigenvalue weighted by atomic mass is 16.5. The highest BCUT2D eigenvalue weighted by Gasteiger charge is 2.51. The summed E-state index contributed by atoms with van der Waals surface area (Å²) in [5.41, 5.74) is 4.87. The van der Waals surface area contributed by atoms with Crippen molar-refractivity contribution < 1.29 is 9.53 Å². The van der Waals surface area contributed by atoms with Gasteiger partial charge < -0.3 is 14.6 Å². The summed E-state index contributed by atoms with van der Waals surface area (Å²) in [5, 5.41) is 3.05. The average molecular weight is 471 g/mol. The maximum absolute atomic E-state index is 13.1. The largest absolute Gasteiger partial charge is 0.379 e. The lowest BCUT2D eigenvalue weighted by molar-refractivity contribution is -0.137. The highest BCUT2D eigenvalue weighted by molar-refractivity contribution is 6.06. The van der Waals surface area contributed by atoms with E-state index in [1.54, 1.807) is 25.8 Å². The van der Waals surface area contributed by atoms with Gasteiger partial charge in [0.15, 0.2) is 5.65 Å². The highest BCUT2D eigenvalue weighted by Crippen LogP contribution is 2.44. The number of fused-ring (bicyclic) bond motifs is 2. The summed E-state index contributed by atoms with van der Waals surface area (Å²) in [6, 6.07) is 5.97. The smallest absolute Gasteiger partial charge is 0.249 e. The third-order valence-corrected chi connectivity index (χ3v) is 7.21. The van der Waals surface area contributed by atoms with Crippen LogP contribution < -0.4 is 5.32 Å². The molecule has 10 heteroatoms. The van der Waals surface area contributed by atoms with Crippen LogP contribution in [0.5, 0.6) is 0 Å². The van der Waals surface area contributed by atoms with Crippen molar-refractivity contribution in [2.24, 2.45) is 0 Å². The molecule has 0 aliphatic carbocycles. The molecule has 1 fully saturated rings. The number of hydrogen-bond donors (Lipinski definition) is 1. The number of nitrogens with one attached hydrogen (secondary N) is 1. The average Bonchev–Trinajstić information content (AvgIpc) is 3.33. The summed E-state index contributed by atoms with van der Waals surface area (Å²) in [4.78, 5) is 38.0. The molecule has 1 aromatic carbocycles. The predicted molar refractivity (Wildman–Crippen MR) is 131 cm³/mol. The molecule has 1 saturated heterocycles. The number of imidazole rings is 1. The topological polar surface area (TPSA) is 111 Å². The fourth-order valence-electron chi connectivity index (χ4n) is 5.01. The Bertz CT molecular complexity index is 1460.